The predicted octanol–water partition coefficient (Wildman–Crippen LogP) is 1.93. The number of Topliss-reactive ketones (excluding diaryl/α,β-unsaturated/α-hetero) is 1. The van der Waals surface area contributed by atoms with Crippen LogP contribution in [0.1, 0.15) is 34.6 Å². The molecule has 0 aromatic rings. The van der Waals surface area contributed by atoms with E-state index in [2.05, 4.69) is 31.4 Å². The highest BCUT2D eigenvalue weighted by atomic mass is 16.1. The van der Waals surface area contributed by atoms with Gasteiger partial charge < -0.3 is 10.6 Å². The minimum absolute atomic E-state index is 0.139. The van der Waals surface area contributed by atoms with E-state index in [1.54, 1.807) is 6.92 Å². The van der Waals surface area contributed by atoms with Crippen LogP contribution in [0.25, 0.3) is 0 Å². The Hall–Kier alpha value is -0.410. The van der Waals surface area contributed by atoms with E-state index >= 15 is 0 Å². The summed E-state index contributed by atoms with van der Waals surface area (Å²) in [4.78, 5) is 11.5. The second kappa shape index (κ2) is 7.83. The van der Waals surface area contributed by atoms with Crippen LogP contribution in [0.3, 0.4) is 0 Å². The standard InChI is InChI=1S/C14H30N2O/c1-9(13(5)17)10(2)14(8-15-6)11(3)12(4)16-7/h9-12,14-16H,8H2,1-7H3. The van der Waals surface area contributed by atoms with Crippen molar-refractivity contribution in [2.75, 3.05) is 20.6 Å². The summed E-state index contributed by atoms with van der Waals surface area (Å²) in [5, 5.41) is 6.58. The summed E-state index contributed by atoms with van der Waals surface area (Å²) in [6.07, 6.45) is 0. The Bertz CT molecular complexity index is 230. The van der Waals surface area contributed by atoms with Gasteiger partial charge in [-0.3, -0.25) is 4.79 Å². The number of nitrogens with one attached hydrogen (secondary N) is 2. The molecule has 0 aliphatic rings. The van der Waals surface area contributed by atoms with Crippen LogP contribution in [-0.2, 0) is 4.79 Å². The average Bonchev–Trinajstić information content (AvgIpc) is 2.32. The van der Waals surface area contributed by atoms with Crippen LogP contribution in [0.4, 0.5) is 0 Å². The summed E-state index contributed by atoms with van der Waals surface area (Å²) >= 11 is 0. The lowest BCUT2D eigenvalue weighted by atomic mass is 9.73. The molecule has 2 N–H and O–H groups in total. The van der Waals surface area contributed by atoms with Gasteiger partial charge >= 0.3 is 0 Å². The molecule has 0 saturated carbocycles. The number of ketones is 1. The quantitative estimate of drug-likeness (QED) is 0.683. The zero-order valence-corrected chi connectivity index (χ0v) is 12.5. The fourth-order valence-corrected chi connectivity index (χ4v) is 2.46. The van der Waals surface area contributed by atoms with Crippen molar-refractivity contribution >= 4 is 5.78 Å². The summed E-state index contributed by atoms with van der Waals surface area (Å²) < 4.78 is 0. The fraction of sp³-hybridized carbons (Fsp3) is 0.929. The summed E-state index contributed by atoms with van der Waals surface area (Å²) in [5.41, 5.74) is 0. The molecule has 3 heteroatoms. The third kappa shape index (κ3) is 4.76. The maximum absolute atomic E-state index is 11.5. The normalized spacial score (nSPS) is 20.4. The van der Waals surface area contributed by atoms with Crippen molar-refractivity contribution in [3.8, 4) is 0 Å². The third-order valence-corrected chi connectivity index (χ3v) is 4.46. The minimum Gasteiger partial charge on any atom is -0.319 e. The summed E-state index contributed by atoms with van der Waals surface area (Å²) in [7, 11) is 3.98. The zero-order chi connectivity index (χ0) is 13.6. The van der Waals surface area contributed by atoms with Crippen molar-refractivity contribution in [3.63, 3.8) is 0 Å². The Labute approximate surface area is 107 Å². The molecule has 0 amide bonds. The van der Waals surface area contributed by atoms with Crippen molar-refractivity contribution in [1.29, 1.82) is 0 Å². The second-order valence-electron chi connectivity index (χ2n) is 5.42. The van der Waals surface area contributed by atoms with Gasteiger partial charge in [0.25, 0.3) is 0 Å². The Balaban J connectivity index is 4.76. The third-order valence-electron chi connectivity index (χ3n) is 4.46. The van der Waals surface area contributed by atoms with Gasteiger partial charge in [0.2, 0.25) is 0 Å². The van der Waals surface area contributed by atoms with Crippen molar-refractivity contribution in [2.24, 2.45) is 23.7 Å². The topological polar surface area (TPSA) is 41.1 Å². The number of carbonyl (C=O) groups is 1. The van der Waals surface area contributed by atoms with Crippen molar-refractivity contribution < 1.29 is 4.79 Å². The predicted molar refractivity (Wildman–Crippen MR) is 74.1 cm³/mol. The van der Waals surface area contributed by atoms with E-state index in [4.69, 9.17) is 0 Å². The van der Waals surface area contributed by atoms with Gasteiger partial charge in [-0.15, -0.1) is 0 Å². The molecule has 0 fully saturated rings. The lowest BCUT2D eigenvalue weighted by Gasteiger charge is -2.35. The summed E-state index contributed by atoms with van der Waals surface area (Å²) in [6, 6.07) is 0.468. The number of hydrogen-bond acceptors (Lipinski definition) is 3. The number of carbonyl (C=O) groups excluding carboxylic acids is 1. The van der Waals surface area contributed by atoms with Crippen LogP contribution in [0, 0.1) is 23.7 Å². The molecule has 102 valence electrons. The molecule has 0 rings (SSSR count). The van der Waals surface area contributed by atoms with Gasteiger partial charge in [0.1, 0.15) is 5.78 Å². The van der Waals surface area contributed by atoms with E-state index in [9.17, 15) is 4.79 Å². The maximum atomic E-state index is 11.5. The molecule has 0 spiro atoms. The fourth-order valence-electron chi connectivity index (χ4n) is 2.46. The minimum atomic E-state index is 0.139. The van der Waals surface area contributed by atoms with Crippen LogP contribution >= 0.6 is 0 Å². The van der Waals surface area contributed by atoms with Gasteiger partial charge in [-0.1, -0.05) is 20.8 Å². The van der Waals surface area contributed by atoms with E-state index in [1.807, 2.05) is 21.0 Å². The Kier molecular flexibility index (Phi) is 7.64. The largest absolute Gasteiger partial charge is 0.319 e. The van der Waals surface area contributed by atoms with E-state index in [0.29, 0.717) is 29.6 Å². The summed E-state index contributed by atoms with van der Waals surface area (Å²) in [6.45, 7) is 11.4. The molecule has 0 radical (unpaired) electrons. The van der Waals surface area contributed by atoms with E-state index in [-0.39, 0.29) is 5.92 Å². The number of rotatable bonds is 8. The van der Waals surface area contributed by atoms with Crippen LogP contribution in [0.2, 0.25) is 0 Å². The first kappa shape index (κ1) is 16.6. The Morgan fingerprint density at radius 3 is 1.94 bits per heavy atom. The molecule has 0 aliphatic heterocycles. The molecule has 0 saturated heterocycles. The van der Waals surface area contributed by atoms with Gasteiger partial charge in [-0.05, 0) is 52.2 Å². The molecule has 0 aromatic heterocycles. The first-order chi connectivity index (χ1) is 7.86. The van der Waals surface area contributed by atoms with Gasteiger partial charge in [-0.2, -0.15) is 0 Å². The molecule has 0 aliphatic carbocycles. The van der Waals surface area contributed by atoms with Crippen LogP contribution in [-0.4, -0.2) is 32.5 Å². The molecule has 3 nitrogen and oxygen atoms in total. The highest BCUT2D eigenvalue weighted by Crippen LogP contribution is 2.29. The van der Waals surface area contributed by atoms with E-state index < -0.39 is 0 Å². The van der Waals surface area contributed by atoms with Crippen LogP contribution < -0.4 is 10.6 Å². The zero-order valence-electron chi connectivity index (χ0n) is 12.5. The highest BCUT2D eigenvalue weighted by Gasteiger charge is 2.31. The van der Waals surface area contributed by atoms with Crippen molar-refractivity contribution in [1.82, 2.24) is 10.6 Å². The first-order valence-corrected chi connectivity index (χ1v) is 6.69. The van der Waals surface area contributed by atoms with E-state index in [0.717, 1.165) is 6.54 Å². The monoisotopic (exact) mass is 242 g/mol. The lowest BCUT2D eigenvalue weighted by Crippen LogP contribution is -2.42. The van der Waals surface area contributed by atoms with Gasteiger partial charge in [-0.25, -0.2) is 0 Å². The van der Waals surface area contributed by atoms with Crippen molar-refractivity contribution in [3.05, 3.63) is 0 Å². The average molecular weight is 242 g/mol. The van der Waals surface area contributed by atoms with Crippen LogP contribution in [0.5, 0.6) is 0 Å². The smallest absolute Gasteiger partial charge is 0.132 e. The number of hydrogen-bond donors (Lipinski definition) is 2. The highest BCUT2D eigenvalue weighted by molar-refractivity contribution is 5.78. The summed E-state index contributed by atoms with van der Waals surface area (Å²) in [5.74, 6) is 1.90. The van der Waals surface area contributed by atoms with E-state index in [1.165, 1.54) is 0 Å². The van der Waals surface area contributed by atoms with Crippen molar-refractivity contribution in [2.45, 2.75) is 40.7 Å². The Morgan fingerprint density at radius 2 is 1.59 bits per heavy atom. The molecule has 5 unspecified atom stereocenters. The first-order valence-electron chi connectivity index (χ1n) is 6.69. The molecule has 0 aromatic carbocycles. The van der Waals surface area contributed by atoms with Gasteiger partial charge in [0, 0.05) is 12.0 Å². The molecule has 17 heavy (non-hydrogen) atoms. The molecule has 5 atom stereocenters. The molecular formula is C14H30N2O. The SMILES string of the molecule is CNCC(C(C)C(C)NC)C(C)C(C)C(C)=O. The molecule has 0 heterocycles. The van der Waals surface area contributed by atoms with Gasteiger partial charge in [0.05, 0.1) is 0 Å². The molecular weight excluding hydrogens is 212 g/mol. The van der Waals surface area contributed by atoms with Gasteiger partial charge in [0.15, 0.2) is 0 Å². The second-order valence-corrected chi connectivity index (χ2v) is 5.42. The Morgan fingerprint density at radius 1 is 1.06 bits per heavy atom. The molecule has 0 bridgehead atoms. The lowest BCUT2D eigenvalue weighted by molar-refractivity contribution is -0.122. The maximum Gasteiger partial charge on any atom is 0.132 e. The van der Waals surface area contributed by atoms with Crippen LogP contribution in [0.15, 0.2) is 0 Å².